The van der Waals surface area contributed by atoms with Crippen LogP contribution in [0.5, 0.6) is 0 Å². The smallest absolute Gasteiger partial charge is 0.330 e. The maximum absolute atomic E-state index is 12.4. The summed E-state index contributed by atoms with van der Waals surface area (Å²) in [5, 5.41) is 11.8. The van der Waals surface area contributed by atoms with Crippen LogP contribution in [0.15, 0.2) is 59.5 Å². The van der Waals surface area contributed by atoms with Gasteiger partial charge >= 0.3 is 5.97 Å². The number of nitrogens with one attached hydrogen (secondary N) is 2. The summed E-state index contributed by atoms with van der Waals surface area (Å²) in [6, 6.07) is 12.3. The van der Waals surface area contributed by atoms with Crippen LogP contribution in [0.3, 0.4) is 0 Å². The van der Waals surface area contributed by atoms with Crippen LogP contribution < -0.4 is 10.0 Å². The fraction of sp³-hybridized carbons (Fsp3) is 0.263. The SMILES string of the molecule is CCC(C)NS(=O)(=O)c1ccc(C(=O)N[C@H](C(=O)O)c2ccccc2)cc1. The van der Waals surface area contributed by atoms with Crippen molar-refractivity contribution in [3.63, 3.8) is 0 Å². The summed E-state index contributed by atoms with van der Waals surface area (Å²) in [5.41, 5.74) is 0.606. The van der Waals surface area contributed by atoms with Gasteiger partial charge in [-0.05, 0) is 43.2 Å². The standard InChI is InChI=1S/C19H22N2O5S/c1-3-13(2)21-27(25,26)16-11-9-15(10-12-16)18(22)20-17(19(23)24)14-7-5-4-6-8-14/h4-13,17,21H,3H2,1-2H3,(H,20,22)(H,23,24)/t13?,17-/m0/s1. The lowest BCUT2D eigenvalue weighted by Crippen LogP contribution is -2.34. The van der Waals surface area contributed by atoms with Crippen molar-refractivity contribution in [2.45, 2.75) is 37.2 Å². The lowest BCUT2D eigenvalue weighted by Gasteiger charge is -2.15. The maximum atomic E-state index is 12.4. The van der Waals surface area contributed by atoms with E-state index < -0.39 is 27.9 Å². The normalized spacial score (nSPS) is 13.6. The Balaban J connectivity index is 2.16. The molecule has 3 N–H and O–H groups in total. The molecule has 2 aromatic carbocycles. The molecular weight excluding hydrogens is 368 g/mol. The number of carboxylic acids is 1. The average molecular weight is 390 g/mol. The minimum atomic E-state index is -3.67. The molecule has 0 fully saturated rings. The number of amides is 1. The predicted octanol–water partition coefficient (Wildman–Crippen LogP) is 2.32. The second-order valence-electron chi connectivity index (χ2n) is 6.11. The molecule has 0 aliphatic carbocycles. The Morgan fingerprint density at radius 2 is 1.63 bits per heavy atom. The maximum Gasteiger partial charge on any atom is 0.330 e. The first kappa shape index (κ1) is 20.6. The lowest BCUT2D eigenvalue weighted by atomic mass is 10.1. The zero-order valence-corrected chi connectivity index (χ0v) is 15.9. The van der Waals surface area contributed by atoms with Gasteiger partial charge in [-0.2, -0.15) is 0 Å². The Morgan fingerprint density at radius 3 is 2.15 bits per heavy atom. The molecule has 0 spiro atoms. The Bertz CT molecular complexity index is 895. The lowest BCUT2D eigenvalue weighted by molar-refractivity contribution is -0.139. The van der Waals surface area contributed by atoms with Gasteiger partial charge < -0.3 is 10.4 Å². The third-order valence-electron chi connectivity index (χ3n) is 4.05. The second-order valence-corrected chi connectivity index (χ2v) is 7.82. The molecule has 0 heterocycles. The highest BCUT2D eigenvalue weighted by atomic mass is 32.2. The highest BCUT2D eigenvalue weighted by molar-refractivity contribution is 7.89. The van der Waals surface area contributed by atoms with Crippen LogP contribution in [-0.2, 0) is 14.8 Å². The van der Waals surface area contributed by atoms with Gasteiger partial charge in [0.1, 0.15) is 0 Å². The van der Waals surface area contributed by atoms with Crippen LogP contribution in [0.4, 0.5) is 0 Å². The summed E-state index contributed by atoms with van der Waals surface area (Å²) in [6.07, 6.45) is 0.649. The first-order valence-corrected chi connectivity index (χ1v) is 9.94. The van der Waals surface area contributed by atoms with Gasteiger partial charge in [0.2, 0.25) is 10.0 Å². The van der Waals surface area contributed by atoms with Crippen molar-refractivity contribution >= 4 is 21.9 Å². The van der Waals surface area contributed by atoms with E-state index in [0.717, 1.165) is 0 Å². The van der Waals surface area contributed by atoms with E-state index in [2.05, 4.69) is 10.0 Å². The predicted molar refractivity (Wildman–Crippen MR) is 101 cm³/mol. The van der Waals surface area contributed by atoms with Crippen molar-refractivity contribution in [1.29, 1.82) is 0 Å². The van der Waals surface area contributed by atoms with Crippen LogP contribution in [0.25, 0.3) is 0 Å². The van der Waals surface area contributed by atoms with E-state index in [1.807, 2.05) is 6.92 Å². The van der Waals surface area contributed by atoms with Crippen LogP contribution >= 0.6 is 0 Å². The molecule has 0 aliphatic rings. The fourth-order valence-corrected chi connectivity index (χ4v) is 3.68. The Labute approximate surface area is 158 Å². The van der Waals surface area contributed by atoms with Crippen molar-refractivity contribution in [1.82, 2.24) is 10.0 Å². The van der Waals surface area contributed by atoms with Crippen molar-refractivity contribution in [3.05, 3.63) is 65.7 Å². The summed E-state index contributed by atoms with van der Waals surface area (Å²) < 4.78 is 27.0. The van der Waals surface area contributed by atoms with E-state index >= 15 is 0 Å². The number of carbonyl (C=O) groups is 2. The van der Waals surface area contributed by atoms with Crippen molar-refractivity contribution in [2.75, 3.05) is 0 Å². The van der Waals surface area contributed by atoms with Crippen molar-refractivity contribution < 1.29 is 23.1 Å². The number of carbonyl (C=O) groups excluding carboxylic acids is 1. The van der Waals surface area contributed by atoms with E-state index in [0.29, 0.717) is 12.0 Å². The van der Waals surface area contributed by atoms with Gasteiger partial charge in [-0.25, -0.2) is 17.9 Å². The molecular formula is C19H22N2O5S. The van der Waals surface area contributed by atoms with Crippen LogP contribution in [0.2, 0.25) is 0 Å². The number of rotatable bonds is 8. The van der Waals surface area contributed by atoms with Crippen LogP contribution in [-0.4, -0.2) is 31.4 Å². The molecule has 2 rings (SSSR count). The van der Waals surface area contributed by atoms with Crippen LogP contribution in [0.1, 0.15) is 42.2 Å². The molecule has 7 nitrogen and oxygen atoms in total. The van der Waals surface area contributed by atoms with Crippen molar-refractivity contribution in [2.24, 2.45) is 0 Å². The Morgan fingerprint density at radius 1 is 1.04 bits per heavy atom. The first-order valence-electron chi connectivity index (χ1n) is 8.45. The summed E-state index contributed by atoms with van der Waals surface area (Å²) >= 11 is 0. The molecule has 27 heavy (non-hydrogen) atoms. The van der Waals surface area contributed by atoms with Gasteiger partial charge in [0.15, 0.2) is 6.04 Å². The molecule has 2 aromatic rings. The zero-order chi connectivity index (χ0) is 20.0. The average Bonchev–Trinajstić information content (AvgIpc) is 2.66. The topological polar surface area (TPSA) is 113 Å². The Hall–Kier alpha value is -2.71. The van der Waals surface area contributed by atoms with Gasteiger partial charge in [0.25, 0.3) is 5.91 Å². The molecule has 8 heteroatoms. The molecule has 0 aliphatic heterocycles. The molecule has 0 aromatic heterocycles. The van der Waals surface area contributed by atoms with E-state index in [1.165, 1.54) is 24.3 Å². The zero-order valence-electron chi connectivity index (χ0n) is 15.0. The fourth-order valence-electron chi connectivity index (χ4n) is 2.35. The number of hydrogen-bond acceptors (Lipinski definition) is 4. The summed E-state index contributed by atoms with van der Waals surface area (Å²) in [6.45, 7) is 3.63. The number of aliphatic carboxylic acids is 1. The van der Waals surface area contributed by atoms with Crippen molar-refractivity contribution in [3.8, 4) is 0 Å². The summed E-state index contributed by atoms with van der Waals surface area (Å²) in [5.74, 6) is -1.79. The molecule has 0 radical (unpaired) electrons. The highest BCUT2D eigenvalue weighted by Crippen LogP contribution is 2.16. The largest absolute Gasteiger partial charge is 0.479 e. The molecule has 1 amide bonds. The second kappa shape index (κ2) is 8.79. The third-order valence-corrected chi connectivity index (χ3v) is 5.66. The minimum absolute atomic E-state index is 0.0391. The first-order chi connectivity index (χ1) is 12.7. The van der Waals surface area contributed by atoms with Gasteiger partial charge in [-0.1, -0.05) is 37.3 Å². The van der Waals surface area contributed by atoms with Crippen LogP contribution in [0, 0.1) is 0 Å². The third kappa shape index (κ3) is 5.38. The molecule has 0 saturated carbocycles. The van der Waals surface area contributed by atoms with Gasteiger partial charge in [0.05, 0.1) is 4.90 Å². The minimum Gasteiger partial charge on any atom is -0.479 e. The molecule has 144 valence electrons. The quantitative estimate of drug-likeness (QED) is 0.640. The number of carboxylic acid groups (broad SMARTS) is 1. The molecule has 1 unspecified atom stereocenters. The van der Waals surface area contributed by atoms with E-state index in [4.69, 9.17) is 0 Å². The number of benzene rings is 2. The van der Waals surface area contributed by atoms with E-state index in [1.54, 1.807) is 37.3 Å². The monoisotopic (exact) mass is 390 g/mol. The molecule has 2 atom stereocenters. The van der Waals surface area contributed by atoms with E-state index in [-0.39, 0.29) is 16.5 Å². The van der Waals surface area contributed by atoms with Gasteiger partial charge in [0, 0.05) is 11.6 Å². The number of sulfonamides is 1. The highest BCUT2D eigenvalue weighted by Gasteiger charge is 2.23. The number of hydrogen-bond donors (Lipinski definition) is 3. The Kier molecular flexibility index (Phi) is 6.70. The van der Waals surface area contributed by atoms with Gasteiger partial charge in [-0.3, -0.25) is 4.79 Å². The van der Waals surface area contributed by atoms with E-state index in [9.17, 15) is 23.1 Å². The summed E-state index contributed by atoms with van der Waals surface area (Å²) in [4.78, 5) is 23.9. The van der Waals surface area contributed by atoms with Gasteiger partial charge in [-0.15, -0.1) is 0 Å². The molecule has 0 bridgehead atoms. The summed E-state index contributed by atoms with van der Waals surface area (Å²) in [7, 11) is -3.67. The molecule has 0 saturated heterocycles.